The monoisotopic (exact) mass is 233 g/mol. The Hall–Kier alpha value is -1.28. The molecule has 0 aliphatic rings. The van der Waals surface area contributed by atoms with Crippen molar-refractivity contribution in [2.24, 2.45) is 0 Å². The van der Waals surface area contributed by atoms with Gasteiger partial charge in [0.05, 0.1) is 0 Å². The molecule has 94 valence electrons. The summed E-state index contributed by atoms with van der Waals surface area (Å²) in [5.74, 6) is 0.936. The number of rotatable bonds is 8. The van der Waals surface area contributed by atoms with Crippen LogP contribution in [0.1, 0.15) is 26.7 Å². The molecule has 1 aromatic rings. The van der Waals surface area contributed by atoms with Crippen molar-refractivity contribution in [1.29, 1.82) is 0 Å². The van der Waals surface area contributed by atoms with Crippen LogP contribution in [-0.2, 0) is 0 Å². The van der Waals surface area contributed by atoms with Gasteiger partial charge in [0.15, 0.2) is 0 Å². The van der Waals surface area contributed by atoms with Gasteiger partial charge in [0.1, 0.15) is 12.4 Å². The van der Waals surface area contributed by atoms with Crippen molar-refractivity contribution in [2.75, 3.05) is 13.2 Å². The van der Waals surface area contributed by atoms with Gasteiger partial charge in [0.2, 0.25) is 0 Å². The molecule has 0 saturated heterocycles. The summed E-state index contributed by atoms with van der Waals surface area (Å²) in [6.07, 6.45) is 2.13. The lowest BCUT2D eigenvalue weighted by Crippen LogP contribution is -2.34. The molecule has 1 unspecified atom stereocenters. The van der Waals surface area contributed by atoms with Crippen molar-refractivity contribution < 1.29 is 4.74 Å². The number of hydrogen-bond acceptors (Lipinski definition) is 2. The van der Waals surface area contributed by atoms with Crippen molar-refractivity contribution in [2.45, 2.75) is 32.7 Å². The largest absolute Gasteiger partial charge is 0.492 e. The molecular weight excluding hydrogens is 210 g/mol. The molecular formula is C15H23NO. The highest BCUT2D eigenvalue weighted by molar-refractivity contribution is 5.20. The molecule has 2 heteroatoms. The molecule has 0 aliphatic heterocycles. The van der Waals surface area contributed by atoms with E-state index < -0.39 is 0 Å². The lowest BCUT2D eigenvalue weighted by atomic mass is 10.1. The molecule has 0 saturated carbocycles. The number of hydrogen-bond donors (Lipinski definition) is 1. The Bertz CT molecular complexity index is 321. The maximum Gasteiger partial charge on any atom is 0.119 e. The molecule has 0 spiro atoms. The van der Waals surface area contributed by atoms with Gasteiger partial charge in [0, 0.05) is 6.04 Å². The smallest absolute Gasteiger partial charge is 0.119 e. The fourth-order valence-electron chi connectivity index (χ4n) is 1.67. The van der Waals surface area contributed by atoms with Crippen molar-refractivity contribution in [3.63, 3.8) is 0 Å². The van der Waals surface area contributed by atoms with Crippen molar-refractivity contribution in [1.82, 2.24) is 5.32 Å². The van der Waals surface area contributed by atoms with Crippen LogP contribution >= 0.6 is 0 Å². The van der Waals surface area contributed by atoms with E-state index in [-0.39, 0.29) is 0 Å². The summed E-state index contributed by atoms with van der Waals surface area (Å²) in [5, 5.41) is 3.44. The van der Waals surface area contributed by atoms with Crippen LogP contribution in [-0.4, -0.2) is 19.2 Å². The lowest BCUT2D eigenvalue weighted by molar-refractivity contribution is 0.258. The minimum absolute atomic E-state index is 0.400. The molecule has 1 aromatic carbocycles. The van der Waals surface area contributed by atoms with Gasteiger partial charge in [-0.3, -0.25) is 0 Å². The van der Waals surface area contributed by atoms with Crippen LogP contribution in [0.25, 0.3) is 0 Å². The lowest BCUT2D eigenvalue weighted by Gasteiger charge is -2.18. The molecule has 0 radical (unpaired) electrons. The summed E-state index contributed by atoms with van der Waals surface area (Å²) in [6, 6.07) is 10.4. The van der Waals surface area contributed by atoms with E-state index in [2.05, 4.69) is 25.7 Å². The maximum atomic E-state index is 5.76. The molecule has 1 rings (SSSR count). The molecule has 17 heavy (non-hydrogen) atoms. The summed E-state index contributed by atoms with van der Waals surface area (Å²) >= 11 is 0. The number of para-hydroxylation sites is 1. The minimum atomic E-state index is 0.400. The summed E-state index contributed by atoms with van der Waals surface area (Å²) in [6.45, 7) is 9.81. The second-order valence-corrected chi connectivity index (χ2v) is 4.37. The number of nitrogens with one attached hydrogen (secondary N) is 1. The molecule has 0 bridgehead atoms. The molecule has 0 heterocycles. The number of benzene rings is 1. The Labute approximate surface area is 105 Å². The van der Waals surface area contributed by atoms with Crippen LogP contribution in [0.2, 0.25) is 0 Å². The van der Waals surface area contributed by atoms with E-state index in [4.69, 9.17) is 4.74 Å². The second-order valence-electron chi connectivity index (χ2n) is 4.37. The molecule has 0 amide bonds. The molecule has 2 nitrogen and oxygen atoms in total. The Morgan fingerprint density at radius 1 is 1.35 bits per heavy atom. The number of likely N-dealkylation sites (N-methyl/N-ethyl adjacent to an activating group) is 1. The summed E-state index contributed by atoms with van der Waals surface area (Å²) in [5.41, 5.74) is 1.23. The third-order valence-corrected chi connectivity index (χ3v) is 2.61. The van der Waals surface area contributed by atoms with Crippen LogP contribution < -0.4 is 10.1 Å². The van der Waals surface area contributed by atoms with E-state index in [1.807, 2.05) is 30.3 Å². The quantitative estimate of drug-likeness (QED) is 0.695. The maximum absolute atomic E-state index is 5.76. The van der Waals surface area contributed by atoms with E-state index >= 15 is 0 Å². The van der Waals surface area contributed by atoms with Crippen molar-refractivity contribution in [3.8, 4) is 5.75 Å². The van der Waals surface area contributed by atoms with Gasteiger partial charge < -0.3 is 10.1 Å². The first-order valence-corrected chi connectivity index (χ1v) is 6.28. The Morgan fingerprint density at radius 3 is 2.65 bits per heavy atom. The van der Waals surface area contributed by atoms with Crippen LogP contribution in [0.3, 0.4) is 0 Å². The predicted molar refractivity (Wildman–Crippen MR) is 73.4 cm³/mol. The van der Waals surface area contributed by atoms with Crippen molar-refractivity contribution >= 4 is 0 Å². The Kier molecular flexibility index (Phi) is 6.41. The normalized spacial score (nSPS) is 12.1. The topological polar surface area (TPSA) is 21.3 Å². The zero-order chi connectivity index (χ0) is 12.5. The molecule has 1 atom stereocenters. The highest BCUT2D eigenvalue weighted by Crippen LogP contribution is 2.11. The SMILES string of the molecule is C=C(C)CCC(COc1ccccc1)NCC. The molecule has 0 aromatic heterocycles. The standard InChI is InChI=1S/C15H23NO/c1-4-16-14(11-10-13(2)3)12-17-15-8-6-5-7-9-15/h5-9,14,16H,2,4,10-12H2,1,3H3. The van der Waals surface area contributed by atoms with Gasteiger partial charge in [-0.05, 0) is 38.4 Å². The van der Waals surface area contributed by atoms with E-state index in [9.17, 15) is 0 Å². The molecule has 0 fully saturated rings. The first-order chi connectivity index (χ1) is 8.22. The summed E-state index contributed by atoms with van der Waals surface area (Å²) < 4.78 is 5.76. The third kappa shape index (κ3) is 6.12. The summed E-state index contributed by atoms with van der Waals surface area (Å²) in [7, 11) is 0. The van der Waals surface area contributed by atoms with Crippen LogP contribution in [0.4, 0.5) is 0 Å². The third-order valence-electron chi connectivity index (χ3n) is 2.61. The van der Waals surface area contributed by atoms with E-state index in [1.165, 1.54) is 5.57 Å². The summed E-state index contributed by atoms with van der Waals surface area (Å²) in [4.78, 5) is 0. The van der Waals surface area contributed by atoms with Gasteiger partial charge in [-0.15, -0.1) is 6.58 Å². The highest BCUT2D eigenvalue weighted by Gasteiger charge is 2.07. The fraction of sp³-hybridized carbons (Fsp3) is 0.467. The number of ether oxygens (including phenoxy) is 1. The van der Waals surface area contributed by atoms with Crippen LogP contribution in [0.15, 0.2) is 42.5 Å². The Balaban J connectivity index is 2.36. The average Bonchev–Trinajstić information content (AvgIpc) is 2.34. The first-order valence-electron chi connectivity index (χ1n) is 6.28. The van der Waals surface area contributed by atoms with Gasteiger partial charge in [0.25, 0.3) is 0 Å². The fourth-order valence-corrected chi connectivity index (χ4v) is 1.67. The van der Waals surface area contributed by atoms with Crippen LogP contribution in [0.5, 0.6) is 5.75 Å². The van der Waals surface area contributed by atoms with E-state index in [0.29, 0.717) is 12.6 Å². The zero-order valence-corrected chi connectivity index (χ0v) is 10.9. The highest BCUT2D eigenvalue weighted by atomic mass is 16.5. The minimum Gasteiger partial charge on any atom is -0.492 e. The molecule has 1 N–H and O–H groups in total. The van der Waals surface area contributed by atoms with Gasteiger partial charge >= 0.3 is 0 Å². The first kappa shape index (κ1) is 13.8. The van der Waals surface area contributed by atoms with E-state index in [0.717, 1.165) is 25.1 Å². The van der Waals surface area contributed by atoms with Crippen molar-refractivity contribution in [3.05, 3.63) is 42.5 Å². The Morgan fingerprint density at radius 2 is 2.06 bits per heavy atom. The predicted octanol–water partition coefficient (Wildman–Crippen LogP) is 3.40. The number of allylic oxidation sites excluding steroid dienone is 1. The molecule has 0 aliphatic carbocycles. The van der Waals surface area contributed by atoms with E-state index in [1.54, 1.807) is 0 Å². The van der Waals surface area contributed by atoms with Crippen LogP contribution in [0, 0.1) is 0 Å². The van der Waals surface area contributed by atoms with Gasteiger partial charge in [-0.2, -0.15) is 0 Å². The zero-order valence-electron chi connectivity index (χ0n) is 10.9. The van der Waals surface area contributed by atoms with Gasteiger partial charge in [-0.25, -0.2) is 0 Å². The average molecular weight is 233 g/mol. The van der Waals surface area contributed by atoms with Gasteiger partial charge in [-0.1, -0.05) is 30.7 Å². The second kappa shape index (κ2) is 7.91.